The molecule has 0 N–H and O–H groups in total. The van der Waals surface area contributed by atoms with Crippen molar-refractivity contribution in [2.45, 2.75) is 32.4 Å². The molecular weight excluding hydrogens is 458 g/mol. The van der Waals surface area contributed by atoms with Crippen LogP contribution >= 0.6 is 0 Å². The Morgan fingerprint density at radius 3 is 2.31 bits per heavy atom. The van der Waals surface area contributed by atoms with Gasteiger partial charge in [0.2, 0.25) is 0 Å². The van der Waals surface area contributed by atoms with Crippen LogP contribution in [0.15, 0.2) is 52.1 Å². The second-order valence-corrected chi connectivity index (χ2v) is 9.98. The zero-order valence-corrected chi connectivity index (χ0v) is 21.7. The number of hydrogen-bond donors (Lipinski definition) is 0. The molecule has 0 spiro atoms. The van der Waals surface area contributed by atoms with Gasteiger partial charge in [-0.3, -0.25) is 13.9 Å². The number of methoxy groups -OCH3 is 2. The highest BCUT2D eigenvalue weighted by molar-refractivity contribution is 5.97. The molecule has 1 aliphatic heterocycles. The van der Waals surface area contributed by atoms with Gasteiger partial charge in [-0.2, -0.15) is 0 Å². The Bertz CT molecular complexity index is 1610. The third-order valence-electron chi connectivity index (χ3n) is 7.11. The summed E-state index contributed by atoms with van der Waals surface area (Å²) in [4.78, 5) is 26.8. The number of fused-ring (bicyclic) bond motifs is 3. The molecule has 0 fully saturated rings. The zero-order valence-electron chi connectivity index (χ0n) is 21.7. The van der Waals surface area contributed by atoms with Gasteiger partial charge < -0.3 is 18.8 Å². The highest BCUT2D eigenvalue weighted by Gasteiger charge is 2.41. The second kappa shape index (κ2) is 8.41. The molecule has 2 aromatic heterocycles. The number of aromatic nitrogens is 3. The topological polar surface area (TPSA) is 76.6 Å². The van der Waals surface area contributed by atoms with Crippen LogP contribution in [0.4, 0.5) is 0 Å². The van der Waals surface area contributed by atoms with Crippen molar-refractivity contribution in [2.75, 3.05) is 20.8 Å². The van der Waals surface area contributed by atoms with Crippen molar-refractivity contribution < 1.29 is 14.2 Å². The van der Waals surface area contributed by atoms with E-state index in [0.717, 1.165) is 28.1 Å². The first-order valence-corrected chi connectivity index (χ1v) is 11.9. The number of ether oxygens (including phenoxy) is 3. The predicted octanol–water partition coefficient (Wildman–Crippen LogP) is 3.89. The Balaban J connectivity index is 1.97. The number of nitrogens with zero attached hydrogens (tertiary/aromatic N) is 3. The Morgan fingerprint density at radius 1 is 0.972 bits per heavy atom. The zero-order chi connectivity index (χ0) is 25.9. The first-order valence-electron chi connectivity index (χ1n) is 11.9. The van der Waals surface area contributed by atoms with Gasteiger partial charge >= 0.3 is 5.69 Å². The average molecular weight is 490 g/mol. The molecule has 3 heterocycles. The average Bonchev–Trinajstić information content (AvgIpc) is 3.24. The van der Waals surface area contributed by atoms with Crippen LogP contribution in [-0.2, 0) is 24.4 Å². The molecule has 36 heavy (non-hydrogen) atoms. The molecule has 1 aliphatic rings. The molecule has 5 rings (SSSR count). The van der Waals surface area contributed by atoms with Crippen molar-refractivity contribution in [3.05, 3.63) is 80.1 Å². The maximum atomic E-state index is 13.7. The lowest BCUT2D eigenvalue weighted by molar-refractivity contribution is -0.00801. The summed E-state index contributed by atoms with van der Waals surface area (Å²) < 4.78 is 22.5. The lowest BCUT2D eigenvalue weighted by atomic mass is 9.97. The standard InChI is InChI=1S/C28H31N3O5/c1-16-8-10-17(11-9-16)22-21-23(29(4)27(33)30(5)26(21)32)24-25(36-15-28(2,3)31(22)24)19-13-12-18(34-6)14-20(19)35-7/h8-14,25H,15H2,1-7H3/t25-/m1/s1. The molecule has 1 atom stereocenters. The Morgan fingerprint density at radius 2 is 1.67 bits per heavy atom. The van der Waals surface area contributed by atoms with E-state index in [-0.39, 0.29) is 11.2 Å². The van der Waals surface area contributed by atoms with Gasteiger partial charge in [-0.25, -0.2) is 4.79 Å². The molecule has 4 aromatic rings. The van der Waals surface area contributed by atoms with Crippen LogP contribution in [0.3, 0.4) is 0 Å². The molecule has 0 saturated heterocycles. The molecule has 188 valence electrons. The second-order valence-electron chi connectivity index (χ2n) is 9.98. The van der Waals surface area contributed by atoms with E-state index < -0.39 is 11.6 Å². The maximum absolute atomic E-state index is 13.7. The molecule has 8 heteroatoms. The van der Waals surface area contributed by atoms with Gasteiger partial charge in [0, 0.05) is 25.7 Å². The number of rotatable bonds is 4. The van der Waals surface area contributed by atoms with Crippen molar-refractivity contribution in [1.82, 2.24) is 13.7 Å². The molecular formula is C28H31N3O5. The van der Waals surface area contributed by atoms with E-state index in [1.165, 1.54) is 11.6 Å². The SMILES string of the molecule is COc1ccc([C@H]2OCC(C)(C)n3c(-c4ccc(C)cc4)c4c(=O)n(C)c(=O)n(C)c4c32)c(OC)c1. The normalized spacial score (nSPS) is 16.7. The van der Waals surface area contributed by atoms with E-state index in [9.17, 15) is 9.59 Å². The van der Waals surface area contributed by atoms with Crippen molar-refractivity contribution >= 4 is 10.9 Å². The van der Waals surface area contributed by atoms with E-state index >= 15 is 0 Å². The predicted molar refractivity (Wildman–Crippen MR) is 139 cm³/mol. The van der Waals surface area contributed by atoms with Crippen LogP contribution in [0.1, 0.15) is 36.8 Å². The van der Waals surface area contributed by atoms with E-state index in [1.54, 1.807) is 25.8 Å². The summed E-state index contributed by atoms with van der Waals surface area (Å²) in [5.41, 5.74) is 3.69. The minimum absolute atomic E-state index is 0.332. The summed E-state index contributed by atoms with van der Waals surface area (Å²) in [7, 11) is 6.43. The molecule has 0 saturated carbocycles. The molecule has 8 nitrogen and oxygen atoms in total. The lowest BCUT2D eigenvalue weighted by Crippen LogP contribution is -2.40. The van der Waals surface area contributed by atoms with E-state index in [4.69, 9.17) is 14.2 Å². The first-order chi connectivity index (χ1) is 17.1. The molecule has 0 radical (unpaired) electrons. The number of hydrogen-bond acceptors (Lipinski definition) is 5. The Labute approximate surface area is 209 Å². The summed E-state index contributed by atoms with van der Waals surface area (Å²) in [5, 5.41) is 0.495. The van der Waals surface area contributed by atoms with Gasteiger partial charge in [-0.05, 0) is 38.5 Å². The van der Waals surface area contributed by atoms with Crippen LogP contribution < -0.4 is 20.7 Å². The quantitative estimate of drug-likeness (QED) is 0.435. The number of benzene rings is 2. The summed E-state index contributed by atoms with van der Waals surface area (Å²) in [6.07, 6.45) is -0.571. The van der Waals surface area contributed by atoms with E-state index in [2.05, 4.69) is 18.4 Å². The smallest absolute Gasteiger partial charge is 0.331 e. The van der Waals surface area contributed by atoms with Gasteiger partial charge in [0.25, 0.3) is 5.56 Å². The minimum atomic E-state index is -0.571. The molecule has 0 unspecified atom stereocenters. The van der Waals surface area contributed by atoms with E-state index in [0.29, 0.717) is 29.0 Å². The molecule has 0 amide bonds. The minimum Gasteiger partial charge on any atom is -0.497 e. The summed E-state index contributed by atoms with van der Waals surface area (Å²) in [6, 6.07) is 13.7. The largest absolute Gasteiger partial charge is 0.497 e. The highest BCUT2D eigenvalue weighted by Crippen LogP contribution is 2.47. The number of aryl methyl sites for hydroxylation is 2. The third kappa shape index (κ3) is 3.39. The fourth-order valence-electron chi connectivity index (χ4n) is 5.25. The van der Waals surface area contributed by atoms with Crippen LogP contribution in [0.5, 0.6) is 11.5 Å². The van der Waals surface area contributed by atoms with Crippen LogP contribution in [-0.4, -0.2) is 34.5 Å². The van der Waals surface area contributed by atoms with Crippen LogP contribution in [0.2, 0.25) is 0 Å². The van der Waals surface area contributed by atoms with Gasteiger partial charge in [-0.1, -0.05) is 29.8 Å². The van der Waals surface area contributed by atoms with Crippen LogP contribution in [0.25, 0.3) is 22.2 Å². The van der Waals surface area contributed by atoms with Gasteiger partial charge in [-0.15, -0.1) is 0 Å². The molecule has 0 aliphatic carbocycles. The van der Waals surface area contributed by atoms with Gasteiger partial charge in [0.15, 0.2) is 0 Å². The molecule has 0 bridgehead atoms. The summed E-state index contributed by atoms with van der Waals surface area (Å²) in [6.45, 7) is 6.59. The molecule has 2 aromatic carbocycles. The van der Waals surface area contributed by atoms with Crippen molar-refractivity contribution in [1.29, 1.82) is 0 Å². The highest BCUT2D eigenvalue weighted by atomic mass is 16.5. The first kappa shape index (κ1) is 23.9. The van der Waals surface area contributed by atoms with E-state index in [1.807, 2.05) is 49.4 Å². The fourth-order valence-corrected chi connectivity index (χ4v) is 5.25. The summed E-state index contributed by atoms with van der Waals surface area (Å²) >= 11 is 0. The summed E-state index contributed by atoms with van der Waals surface area (Å²) in [5.74, 6) is 1.26. The van der Waals surface area contributed by atoms with Crippen LogP contribution in [0, 0.1) is 6.92 Å². The van der Waals surface area contributed by atoms with Gasteiger partial charge in [0.05, 0.1) is 48.7 Å². The lowest BCUT2D eigenvalue weighted by Gasteiger charge is -2.39. The van der Waals surface area contributed by atoms with Crippen molar-refractivity contribution in [2.24, 2.45) is 14.1 Å². The Hall–Kier alpha value is -3.78. The van der Waals surface area contributed by atoms with Crippen molar-refractivity contribution in [3.63, 3.8) is 0 Å². The van der Waals surface area contributed by atoms with Gasteiger partial charge in [0.1, 0.15) is 17.6 Å². The Kier molecular flexibility index (Phi) is 5.59. The maximum Gasteiger partial charge on any atom is 0.331 e. The monoisotopic (exact) mass is 489 g/mol. The third-order valence-corrected chi connectivity index (χ3v) is 7.11. The van der Waals surface area contributed by atoms with Crippen molar-refractivity contribution in [3.8, 4) is 22.8 Å². The fraction of sp³-hybridized carbons (Fsp3) is 0.357.